The SMILES string of the molecule is O=C(NC[C@H]1CCN(Cc2ccc(Cl)cc2Cl)C(=O)[C@@H](CCN2CCCCC2)N1)c1ccc2cc(Cl)ccc2c1. The molecule has 3 aromatic rings. The molecule has 2 fully saturated rings. The molecule has 0 radical (unpaired) electrons. The highest BCUT2D eigenvalue weighted by Crippen LogP contribution is 2.24. The number of nitrogens with one attached hydrogen (secondary N) is 2. The number of hydrogen-bond donors (Lipinski definition) is 2. The van der Waals surface area contributed by atoms with Gasteiger partial charge in [0.2, 0.25) is 5.91 Å². The van der Waals surface area contributed by atoms with E-state index in [1.165, 1.54) is 19.3 Å². The van der Waals surface area contributed by atoms with Crippen molar-refractivity contribution in [2.75, 3.05) is 32.7 Å². The van der Waals surface area contributed by atoms with Crippen molar-refractivity contribution >= 4 is 57.4 Å². The van der Waals surface area contributed by atoms with Crippen LogP contribution in [0.25, 0.3) is 10.8 Å². The molecule has 0 saturated carbocycles. The van der Waals surface area contributed by atoms with Crippen molar-refractivity contribution in [2.24, 2.45) is 0 Å². The Morgan fingerprint density at radius 1 is 0.900 bits per heavy atom. The number of halogens is 3. The van der Waals surface area contributed by atoms with Crippen molar-refractivity contribution < 1.29 is 9.59 Å². The number of amides is 2. The first kappa shape index (κ1) is 29.2. The van der Waals surface area contributed by atoms with Gasteiger partial charge in [-0.15, -0.1) is 0 Å². The lowest BCUT2D eigenvalue weighted by atomic mass is 10.1. The molecule has 40 heavy (non-hydrogen) atoms. The molecule has 2 atom stereocenters. The van der Waals surface area contributed by atoms with Gasteiger partial charge < -0.3 is 20.4 Å². The first-order chi connectivity index (χ1) is 19.4. The van der Waals surface area contributed by atoms with Gasteiger partial charge in [-0.1, -0.05) is 59.4 Å². The van der Waals surface area contributed by atoms with Gasteiger partial charge in [0.05, 0.1) is 6.04 Å². The zero-order valence-corrected chi connectivity index (χ0v) is 24.7. The van der Waals surface area contributed by atoms with Crippen molar-refractivity contribution in [2.45, 2.75) is 50.7 Å². The van der Waals surface area contributed by atoms with E-state index in [2.05, 4.69) is 15.5 Å². The number of hydrogen-bond acceptors (Lipinski definition) is 4. The van der Waals surface area contributed by atoms with Gasteiger partial charge in [0, 0.05) is 52.9 Å². The summed E-state index contributed by atoms with van der Waals surface area (Å²) in [4.78, 5) is 31.1. The molecule has 0 bridgehead atoms. The van der Waals surface area contributed by atoms with E-state index in [-0.39, 0.29) is 23.9 Å². The molecule has 2 N–H and O–H groups in total. The lowest BCUT2D eigenvalue weighted by Gasteiger charge is -2.30. The van der Waals surface area contributed by atoms with Crippen LogP contribution in [-0.2, 0) is 11.3 Å². The fraction of sp³-hybridized carbons (Fsp3) is 0.419. The standard InChI is InChI=1S/C31H35Cl3N4O2/c32-25-8-6-21-16-23(5-4-22(21)17-25)30(39)35-19-27-10-15-38(20-24-7-9-26(33)18-28(24)34)31(40)29(36-27)11-14-37-12-2-1-3-13-37/h4-9,16-18,27,29,36H,1-3,10-15,19-20H2,(H,35,39)/t27-,29-/m1/s1. The number of carbonyl (C=O) groups is 2. The molecule has 0 aromatic heterocycles. The van der Waals surface area contributed by atoms with Crippen LogP contribution in [0.15, 0.2) is 54.6 Å². The second-order valence-electron chi connectivity index (χ2n) is 10.8. The maximum atomic E-state index is 13.7. The van der Waals surface area contributed by atoms with Gasteiger partial charge in [0.1, 0.15) is 0 Å². The molecule has 0 spiro atoms. The van der Waals surface area contributed by atoms with Crippen LogP contribution in [-0.4, -0.2) is 66.4 Å². The molecule has 2 heterocycles. The minimum atomic E-state index is -0.331. The van der Waals surface area contributed by atoms with E-state index in [1.54, 1.807) is 12.1 Å². The monoisotopic (exact) mass is 600 g/mol. The zero-order chi connectivity index (χ0) is 28.1. The van der Waals surface area contributed by atoms with Gasteiger partial charge in [0.25, 0.3) is 5.91 Å². The highest BCUT2D eigenvalue weighted by atomic mass is 35.5. The van der Waals surface area contributed by atoms with E-state index < -0.39 is 0 Å². The summed E-state index contributed by atoms with van der Waals surface area (Å²) in [5.41, 5.74) is 1.47. The normalized spacial score (nSPS) is 20.5. The Kier molecular flexibility index (Phi) is 9.87. The molecular formula is C31H35Cl3N4O2. The smallest absolute Gasteiger partial charge is 0.251 e. The van der Waals surface area contributed by atoms with Crippen molar-refractivity contribution in [3.05, 3.63) is 80.8 Å². The van der Waals surface area contributed by atoms with Crippen LogP contribution in [0, 0.1) is 0 Å². The van der Waals surface area contributed by atoms with Crippen LogP contribution >= 0.6 is 34.8 Å². The number of piperidine rings is 1. The predicted molar refractivity (Wildman–Crippen MR) is 163 cm³/mol. The summed E-state index contributed by atoms with van der Waals surface area (Å²) in [5, 5.41) is 10.4. The van der Waals surface area contributed by atoms with Crippen LogP contribution in [0.5, 0.6) is 0 Å². The van der Waals surface area contributed by atoms with Crippen LogP contribution in [0.1, 0.15) is 48.0 Å². The Morgan fingerprint density at radius 3 is 2.42 bits per heavy atom. The molecule has 0 unspecified atom stereocenters. The number of likely N-dealkylation sites (tertiary alicyclic amines) is 1. The first-order valence-corrected chi connectivity index (χ1v) is 15.2. The average Bonchev–Trinajstić information content (AvgIpc) is 3.10. The quantitative estimate of drug-likeness (QED) is 0.324. The fourth-order valence-electron chi connectivity index (χ4n) is 5.63. The summed E-state index contributed by atoms with van der Waals surface area (Å²) in [6.07, 6.45) is 5.14. The second kappa shape index (κ2) is 13.5. The Balaban J connectivity index is 1.26. The topological polar surface area (TPSA) is 64.7 Å². The largest absolute Gasteiger partial charge is 0.350 e. The third-order valence-corrected chi connectivity index (χ3v) is 8.75. The van der Waals surface area contributed by atoms with Gasteiger partial charge in [-0.2, -0.15) is 0 Å². The fourth-order valence-corrected chi connectivity index (χ4v) is 6.28. The predicted octanol–water partition coefficient (Wildman–Crippen LogP) is 6.17. The van der Waals surface area contributed by atoms with E-state index >= 15 is 0 Å². The van der Waals surface area contributed by atoms with Crippen LogP contribution in [0.3, 0.4) is 0 Å². The van der Waals surface area contributed by atoms with Crippen LogP contribution < -0.4 is 10.6 Å². The molecule has 0 aliphatic carbocycles. The van der Waals surface area contributed by atoms with Crippen molar-refractivity contribution in [3.8, 4) is 0 Å². The van der Waals surface area contributed by atoms with Gasteiger partial charge in [-0.25, -0.2) is 0 Å². The number of nitrogens with zero attached hydrogens (tertiary/aromatic N) is 2. The lowest BCUT2D eigenvalue weighted by Crippen LogP contribution is -2.50. The third-order valence-electron chi connectivity index (χ3n) is 7.93. The maximum absolute atomic E-state index is 13.7. The number of carbonyl (C=O) groups excluding carboxylic acids is 2. The summed E-state index contributed by atoms with van der Waals surface area (Å²) < 4.78 is 0. The summed E-state index contributed by atoms with van der Waals surface area (Å²) in [6, 6.07) is 16.3. The maximum Gasteiger partial charge on any atom is 0.251 e. The highest BCUT2D eigenvalue weighted by molar-refractivity contribution is 6.35. The van der Waals surface area contributed by atoms with Gasteiger partial charge >= 0.3 is 0 Å². The second-order valence-corrected chi connectivity index (χ2v) is 12.1. The summed E-state index contributed by atoms with van der Waals surface area (Å²) in [7, 11) is 0. The summed E-state index contributed by atoms with van der Waals surface area (Å²) >= 11 is 18.6. The molecule has 2 aliphatic rings. The van der Waals surface area contributed by atoms with E-state index in [0.717, 1.165) is 42.4 Å². The molecule has 3 aromatic carbocycles. The van der Waals surface area contributed by atoms with E-state index in [9.17, 15) is 9.59 Å². The third kappa shape index (κ3) is 7.48. The summed E-state index contributed by atoms with van der Waals surface area (Å²) in [5.74, 6) is -0.0612. The average molecular weight is 602 g/mol. The van der Waals surface area contributed by atoms with Gasteiger partial charge in [-0.05, 0) is 91.5 Å². The minimum absolute atomic E-state index is 0.0378. The van der Waals surface area contributed by atoms with Gasteiger partial charge in [0.15, 0.2) is 0 Å². The first-order valence-electron chi connectivity index (χ1n) is 14.0. The number of fused-ring (bicyclic) bond motifs is 1. The molecule has 6 nitrogen and oxygen atoms in total. The Bertz CT molecular complexity index is 1360. The van der Waals surface area contributed by atoms with E-state index in [0.29, 0.717) is 46.7 Å². The number of benzene rings is 3. The zero-order valence-electron chi connectivity index (χ0n) is 22.5. The minimum Gasteiger partial charge on any atom is -0.350 e. The van der Waals surface area contributed by atoms with E-state index in [1.807, 2.05) is 47.4 Å². The Morgan fingerprint density at radius 2 is 1.62 bits per heavy atom. The van der Waals surface area contributed by atoms with Crippen molar-refractivity contribution in [1.82, 2.24) is 20.4 Å². The summed E-state index contributed by atoms with van der Waals surface area (Å²) in [6.45, 7) is 4.48. The molecule has 212 valence electrons. The lowest BCUT2D eigenvalue weighted by molar-refractivity contribution is -0.133. The molecular weight excluding hydrogens is 567 g/mol. The van der Waals surface area contributed by atoms with Crippen molar-refractivity contribution in [1.29, 1.82) is 0 Å². The van der Waals surface area contributed by atoms with Gasteiger partial charge in [-0.3, -0.25) is 9.59 Å². The van der Waals surface area contributed by atoms with Crippen molar-refractivity contribution in [3.63, 3.8) is 0 Å². The molecule has 2 saturated heterocycles. The molecule has 9 heteroatoms. The number of rotatable bonds is 8. The molecule has 5 rings (SSSR count). The highest BCUT2D eigenvalue weighted by Gasteiger charge is 2.31. The van der Waals surface area contributed by atoms with Crippen LogP contribution in [0.2, 0.25) is 15.1 Å². The van der Waals surface area contributed by atoms with Crippen LogP contribution in [0.4, 0.5) is 0 Å². The Hall–Kier alpha value is -2.35. The molecule has 2 amide bonds. The molecule has 2 aliphatic heterocycles. The Labute approximate surface area is 250 Å². The van der Waals surface area contributed by atoms with E-state index in [4.69, 9.17) is 34.8 Å².